The third-order valence-corrected chi connectivity index (χ3v) is 10.4. The Labute approximate surface area is 314 Å². The Balaban J connectivity index is 1.17. The predicted octanol–water partition coefficient (Wildman–Crippen LogP) is 14.9. The number of hydrogen-bond donors (Lipinski definition) is 0. The summed E-state index contributed by atoms with van der Waals surface area (Å²) in [4.78, 5) is 2.40. The molecule has 0 bridgehead atoms. The van der Waals surface area contributed by atoms with Crippen molar-refractivity contribution in [1.82, 2.24) is 0 Å². The summed E-state index contributed by atoms with van der Waals surface area (Å²) in [5.74, 6) is 0.838. The summed E-state index contributed by atoms with van der Waals surface area (Å²) in [6.45, 7) is 0. The van der Waals surface area contributed by atoms with Gasteiger partial charge >= 0.3 is 0 Å². The van der Waals surface area contributed by atoms with Crippen molar-refractivity contribution < 1.29 is 4.42 Å². The summed E-state index contributed by atoms with van der Waals surface area (Å²) >= 11 is 0. The second-order valence-corrected chi connectivity index (χ2v) is 13.7. The lowest BCUT2D eigenvalue weighted by atomic mass is 9.93. The standard InChI is InChI=1S/C52H35NO/c1-3-15-36(16-4-1)41-31-42(37-17-5-2-6-18-37)33-43(32-41)38-27-29-44(30-28-38)53(50-34-39-19-7-9-21-45(39)46-22-10-11-23-47(46)50)49-25-13-12-24-48(49)52-35-40-20-8-14-26-51(40)54-52/h1-35H. The van der Waals surface area contributed by atoms with Crippen molar-refractivity contribution in [2.45, 2.75) is 0 Å². The van der Waals surface area contributed by atoms with E-state index in [0.29, 0.717) is 0 Å². The van der Waals surface area contributed by atoms with E-state index in [1.807, 2.05) is 12.1 Å². The van der Waals surface area contributed by atoms with Crippen LogP contribution in [0, 0.1) is 0 Å². The van der Waals surface area contributed by atoms with Gasteiger partial charge in [-0.3, -0.25) is 0 Å². The molecule has 0 unspecified atom stereocenters. The summed E-state index contributed by atoms with van der Waals surface area (Å²) in [6, 6.07) is 75.9. The molecule has 0 aliphatic heterocycles. The van der Waals surface area contributed by atoms with Crippen molar-refractivity contribution in [3.63, 3.8) is 0 Å². The van der Waals surface area contributed by atoms with Crippen LogP contribution in [0.25, 0.3) is 77.2 Å². The zero-order valence-electron chi connectivity index (χ0n) is 29.6. The molecule has 2 heteroatoms. The van der Waals surface area contributed by atoms with E-state index < -0.39 is 0 Å². The third-order valence-electron chi connectivity index (χ3n) is 10.4. The van der Waals surface area contributed by atoms with Crippen LogP contribution in [-0.2, 0) is 0 Å². The minimum atomic E-state index is 0.838. The summed E-state index contributed by atoms with van der Waals surface area (Å²) in [5, 5.41) is 5.93. The Hall–Kier alpha value is -7.16. The first-order valence-corrected chi connectivity index (χ1v) is 18.4. The van der Waals surface area contributed by atoms with E-state index in [0.717, 1.165) is 44.9 Å². The fraction of sp³-hybridized carbons (Fsp3) is 0. The van der Waals surface area contributed by atoms with Crippen LogP contribution in [0.5, 0.6) is 0 Å². The molecular formula is C52H35NO. The highest BCUT2D eigenvalue weighted by Gasteiger charge is 2.22. The second kappa shape index (κ2) is 13.4. The fourth-order valence-corrected chi connectivity index (χ4v) is 7.81. The van der Waals surface area contributed by atoms with E-state index in [2.05, 4.69) is 205 Å². The van der Waals surface area contributed by atoms with Gasteiger partial charge in [-0.2, -0.15) is 0 Å². The number of nitrogens with zero attached hydrogens (tertiary/aromatic N) is 1. The van der Waals surface area contributed by atoms with Gasteiger partial charge in [0.1, 0.15) is 11.3 Å². The molecule has 0 saturated heterocycles. The van der Waals surface area contributed by atoms with Gasteiger partial charge in [0.05, 0.1) is 11.4 Å². The molecule has 10 rings (SSSR count). The summed E-state index contributed by atoms with van der Waals surface area (Å²) in [7, 11) is 0. The lowest BCUT2D eigenvalue weighted by Crippen LogP contribution is -2.12. The lowest BCUT2D eigenvalue weighted by Gasteiger charge is -2.29. The molecular weight excluding hydrogens is 655 g/mol. The molecule has 9 aromatic carbocycles. The minimum Gasteiger partial charge on any atom is -0.456 e. The van der Waals surface area contributed by atoms with E-state index >= 15 is 0 Å². The summed E-state index contributed by atoms with van der Waals surface area (Å²) < 4.78 is 6.52. The average Bonchev–Trinajstić information content (AvgIpc) is 3.69. The molecule has 0 radical (unpaired) electrons. The molecule has 1 aromatic heterocycles. The maximum atomic E-state index is 6.52. The molecule has 0 N–H and O–H groups in total. The summed E-state index contributed by atoms with van der Waals surface area (Å²) in [6.07, 6.45) is 0. The number of rotatable bonds is 7. The zero-order valence-corrected chi connectivity index (χ0v) is 29.6. The SMILES string of the molecule is c1ccc(-c2cc(-c3ccccc3)cc(-c3ccc(N(c4ccccc4-c4cc5ccccc5o4)c4cc5ccccc5c5ccccc45)cc3)c2)cc1. The lowest BCUT2D eigenvalue weighted by molar-refractivity contribution is 0.631. The van der Waals surface area contributed by atoms with Crippen LogP contribution in [0.1, 0.15) is 0 Å². The van der Waals surface area contributed by atoms with Crippen molar-refractivity contribution in [2.75, 3.05) is 4.90 Å². The predicted molar refractivity (Wildman–Crippen MR) is 228 cm³/mol. The first-order valence-electron chi connectivity index (χ1n) is 18.4. The number of hydrogen-bond acceptors (Lipinski definition) is 2. The van der Waals surface area contributed by atoms with E-state index in [1.54, 1.807) is 0 Å². The maximum absolute atomic E-state index is 6.52. The first-order chi connectivity index (χ1) is 26.8. The Morgan fingerprint density at radius 2 is 0.833 bits per heavy atom. The van der Waals surface area contributed by atoms with Gasteiger partial charge in [-0.1, -0.05) is 152 Å². The van der Waals surface area contributed by atoms with Crippen molar-refractivity contribution >= 4 is 49.6 Å². The summed E-state index contributed by atoms with van der Waals surface area (Å²) in [5.41, 5.74) is 12.2. The topological polar surface area (TPSA) is 16.4 Å². The van der Waals surface area contributed by atoms with E-state index in [9.17, 15) is 0 Å². The number of para-hydroxylation sites is 2. The monoisotopic (exact) mass is 689 g/mol. The Bertz CT molecular complexity index is 2830. The van der Waals surface area contributed by atoms with Gasteiger partial charge in [-0.25, -0.2) is 0 Å². The van der Waals surface area contributed by atoms with Crippen LogP contribution in [0.3, 0.4) is 0 Å². The van der Waals surface area contributed by atoms with Crippen LogP contribution < -0.4 is 4.90 Å². The average molecular weight is 690 g/mol. The van der Waals surface area contributed by atoms with Crippen molar-refractivity contribution in [3.8, 4) is 44.7 Å². The van der Waals surface area contributed by atoms with Crippen LogP contribution in [-0.4, -0.2) is 0 Å². The molecule has 0 saturated carbocycles. The van der Waals surface area contributed by atoms with Gasteiger partial charge in [-0.15, -0.1) is 0 Å². The third kappa shape index (κ3) is 5.71. The number of furan rings is 1. The number of benzene rings is 9. The van der Waals surface area contributed by atoms with E-state index in [4.69, 9.17) is 4.42 Å². The van der Waals surface area contributed by atoms with Crippen LogP contribution >= 0.6 is 0 Å². The van der Waals surface area contributed by atoms with Crippen molar-refractivity contribution in [3.05, 3.63) is 212 Å². The minimum absolute atomic E-state index is 0.838. The zero-order chi connectivity index (χ0) is 35.8. The van der Waals surface area contributed by atoms with E-state index in [1.165, 1.54) is 49.4 Å². The molecule has 0 atom stereocenters. The van der Waals surface area contributed by atoms with Crippen LogP contribution in [0.15, 0.2) is 217 Å². The number of fused-ring (bicyclic) bond motifs is 4. The maximum Gasteiger partial charge on any atom is 0.137 e. The smallest absolute Gasteiger partial charge is 0.137 e. The Morgan fingerprint density at radius 1 is 0.315 bits per heavy atom. The molecule has 254 valence electrons. The molecule has 2 nitrogen and oxygen atoms in total. The Kier molecular flexibility index (Phi) is 7.85. The van der Waals surface area contributed by atoms with Gasteiger partial charge in [0.2, 0.25) is 0 Å². The molecule has 0 spiro atoms. The quantitative estimate of drug-likeness (QED) is 0.155. The Morgan fingerprint density at radius 3 is 1.50 bits per heavy atom. The first kappa shape index (κ1) is 31.6. The normalized spacial score (nSPS) is 11.3. The van der Waals surface area contributed by atoms with Crippen LogP contribution in [0.4, 0.5) is 17.1 Å². The molecule has 0 aliphatic rings. The van der Waals surface area contributed by atoms with Gasteiger partial charge in [0.25, 0.3) is 0 Å². The molecule has 54 heavy (non-hydrogen) atoms. The molecule has 0 fully saturated rings. The highest BCUT2D eigenvalue weighted by molar-refractivity contribution is 6.15. The van der Waals surface area contributed by atoms with E-state index in [-0.39, 0.29) is 0 Å². The van der Waals surface area contributed by atoms with Crippen molar-refractivity contribution in [1.29, 1.82) is 0 Å². The number of anilines is 3. The molecule has 0 aliphatic carbocycles. The largest absolute Gasteiger partial charge is 0.456 e. The highest BCUT2D eigenvalue weighted by atomic mass is 16.3. The fourth-order valence-electron chi connectivity index (χ4n) is 7.81. The highest BCUT2D eigenvalue weighted by Crippen LogP contribution is 2.46. The van der Waals surface area contributed by atoms with Gasteiger partial charge in [-0.05, 0) is 110 Å². The van der Waals surface area contributed by atoms with Gasteiger partial charge in [0, 0.05) is 22.0 Å². The van der Waals surface area contributed by atoms with Crippen LogP contribution in [0.2, 0.25) is 0 Å². The molecule has 0 amide bonds. The molecule has 10 aromatic rings. The van der Waals surface area contributed by atoms with Crippen molar-refractivity contribution in [2.24, 2.45) is 0 Å². The van der Waals surface area contributed by atoms with Gasteiger partial charge in [0.15, 0.2) is 0 Å². The second-order valence-electron chi connectivity index (χ2n) is 13.7. The molecule has 1 heterocycles. The van der Waals surface area contributed by atoms with Gasteiger partial charge < -0.3 is 9.32 Å².